The maximum Gasteiger partial charge on any atom is 0.198 e. The summed E-state index contributed by atoms with van der Waals surface area (Å²) in [6.45, 7) is 4.25. The number of rotatable bonds is 6. The van der Waals surface area contributed by atoms with Crippen LogP contribution in [0.3, 0.4) is 0 Å². The Bertz CT molecular complexity index is 295. The number of para-hydroxylation sites is 1. The first-order chi connectivity index (χ1) is 7.24. The molecule has 0 saturated carbocycles. The Balaban J connectivity index is 2.41. The van der Waals surface area contributed by atoms with E-state index in [-0.39, 0.29) is 12.4 Å². The highest BCUT2D eigenvalue weighted by molar-refractivity contribution is 5.84. The Hall–Kier alpha value is -1.35. The van der Waals surface area contributed by atoms with Crippen molar-refractivity contribution < 1.29 is 14.3 Å². The lowest BCUT2D eigenvalue weighted by Gasteiger charge is -2.13. The molecule has 3 heteroatoms. The van der Waals surface area contributed by atoms with E-state index < -0.39 is 6.10 Å². The van der Waals surface area contributed by atoms with Gasteiger partial charge in [-0.25, -0.2) is 0 Å². The van der Waals surface area contributed by atoms with Gasteiger partial charge in [0.15, 0.2) is 11.9 Å². The number of carbonyl (C=O) groups excluding carboxylic acids is 1. The van der Waals surface area contributed by atoms with Gasteiger partial charge in [-0.1, -0.05) is 18.2 Å². The number of hydrogen-bond acceptors (Lipinski definition) is 3. The first-order valence-corrected chi connectivity index (χ1v) is 5.06. The van der Waals surface area contributed by atoms with E-state index in [4.69, 9.17) is 9.47 Å². The summed E-state index contributed by atoms with van der Waals surface area (Å²) in [5, 5.41) is 0. The van der Waals surface area contributed by atoms with Crippen molar-refractivity contribution in [3.05, 3.63) is 30.3 Å². The SMILES string of the molecule is CCOCC(=O)C(C)Oc1ccccc1. The summed E-state index contributed by atoms with van der Waals surface area (Å²) in [6.07, 6.45) is -0.459. The van der Waals surface area contributed by atoms with E-state index >= 15 is 0 Å². The molecule has 0 N–H and O–H groups in total. The second-order valence-electron chi connectivity index (χ2n) is 3.18. The Labute approximate surface area is 90.0 Å². The molecule has 1 aromatic rings. The van der Waals surface area contributed by atoms with Gasteiger partial charge in [0, 0.05) is 6.61 Å². The molecule has 0 heterocycles. The summed E-state index contributed by atoms with van der Waals surface area (Å²) in [5.74, 6) is 0.663. The van der Waals surface area contributed by atoms with E-state index in [0.717, 1.165) is 0 Å². The highest BCUT2D eigenvalue weighted by Crippen LogP contribution is 2.11. The Kier molecular flexibility index (Phi) is 4.84. The summed E-state index contributed by atoms with van der Waals surface area (Å²) in [7, 11) is 0. The van der Waals surface area contributed by atoms with Crippen LogP contribution in [0.15, 0.2) is 30.3 Å². The predicted octanol–water partition coefficient (Wildman–Crippen LogP) is 2.06. The number of hydrogen-bond donors (Lipinski definition) is 0. The number of Topliss-reactive ketones (excluding diaryl/α,β-unsaturated/α-hetero) is 1. The van der Waals surface area contributed by atoms with Crippen LogP contribution in [0.4, 0.5) is 0 Å². The normalized spacial score (nSPS) is 12.1. The number of ether oxygens (including phenoxy) is 2. The monoisotopic (exact) mass is 208 g/mol. The minimum Gasteiger partial charge on any atom is -0.483 e. The molecule has 1 aromatic carbocycles. The highest BCUT2D eigenvalue weighted by atomic mass is 16.5. The largest absolute Gasteiger partial charge is 0.483 e. The molecular formula is C12H16O3. The molecule has 1 rings (SSSR count). The summed E-state index contributed by atoms with van der Waals surface area (Å²) in [5.41, 5.74) is 0. The molecule has 0 fully saturated rings. The lowest BCUT2D eigenvalue weighted by Crippen LogP contribution is -2.27. The van der Waals surface area contributed by atoms with Crippen LogP contribution in [-0.4, -0.2) is 25.1 Å². The smallest absolute Gasteiger partial charge is 0.198 e. The average Bonchev–Trinajstić information content (AvgIpc) is 2.27. The zero-order valence-corrected chi connectivity index (χ0v) is 9.10. The molecule has 82 valence electrons. The van der Waals surface area contributed by atoms with Gasteiger partial charge in [0.2, 0.25) is 0 Å². The number of ketones is 1. The van der Waals surface area contributed by atoms with E-state index in [1.165, 1.54) is 0 Å². The van der Waals surface area contributed by atoms with Gasteiger partial charge in [0.25, 0.3) is 0 Å². The minimum absolute atomic E-state index is 0.0410. The van der Waals surface area contributed by atoms with E-state index in [9.17, 15) is 4.79 Å². The van der Waals surface area contributed by atoms with Crippen molar-refractivity contribution in [2.75, 3.05) is 13.2 Å². The lowest BCUT2D eigenvalue weighted by atomic mass is 10.2. The van der Waals surface area contributed by atoms with E-state index in [1.54, 1.807) is 6.92 Å². The molecule has 1 unspecified atom stereocenters. The third kappa shape index (κ3) is 4.13. The molecule has 0 aliphatic carbocycles. The standard InChI is InChI=1S/C12H16O3/c1-3-14-9-12(13)10(2)15-11-7-5-4-6-8-11/h4-8,10H,3,9H2,1-2H3. The molecule has 0 bridgehead atoms. The van der Waals surface area contributed by atoms with Crippen LogP contribution in [-0.2, 0) is 9.53 Å². The van der Waals surface area contributed by atoms with Crippen LogP contribution in [0.1, 0.15) is 13.8 Å². The summed E-state index contributed by atoms with van der Waals surface area (Å²) < 4.78 is 10.5. The number of benzene rings is 1. The van der Waals surface area contributed by atoms with Crippen LogP contribution in [0.25, 0.3) is 0 Å². The van der Waals surface area contributed by atoms with Crippen molar-refractivity contribution >= 4 is 5.78 Å². The number of carbonyl (C=O) groups is 1. The van der Waals surface area contributed by atoms with Crippen molar-refractivity contribution in [3.63, 3.8) is 0 Å². The molecule has 1 atom stereocenters. The van der Waals surface area contributed by atoms with Crippen LogP contribution < -0.4 is 4.74 Å². The molecule has 0 saturated heterocycles. The van der Waals surface area contributed by atoms with Crippen LogP contribution >= 0.6 is 0 Å². The molecule has 0 radical (unpaired) electrons. The van der Waals surface area contributed by atoms with Crippen molar-refractivity contribution in [2.24, 2.45) is 0 Å². The predicted molar refractivity (Wildman–Crippen MR) is 58.0 cm³/mol. The lowest BCUT2D eigenvalue weighted by molar-refractivity contribution is -0.129. The summed E-state index contributed by atoms with van der Waals surface area (Å²) >= 11 is 0. The molecule has 0 spiro atoms. The van der Waals surface area contributed by atoms with E-state index in [1.807, 2.05) is 37.3 Å². The molecule has 3 nitrogen and oxygen atoms in total. The van der Waals surface area contributed by atoms with Gasteiger partial charge in [-0.3, -0.25) is 4.79 Å². The summed E-state index contributed by atoms with van der Waals surface area (Å²) in [6, 6.07) is 9.29. The molecular weight excluding hydrogens is 192 g/mol. The van der Waals surface area contributed by atoms with Crippen LogP contribution in [0, 0.1) is 0 Å². The van der Waals surface area contributed by atoms with Crippen molar-refractivity contribution in [1.29, 1.82) is 0 Å². The molecule has 0 amide bonds. The summed E-state index contributed by atoms with van der Waals surface area (Å²) in [4.78, 5) is 11.5. The van der Waals surface area contributed by atoms with Crippen LogP contribution in [0.2, 0.25) is 0 Å². The Morgan fingerprint density at radius 2 is 2.00 bits per heavy atom. The van der Waals surface area contributed by atoms with Gasteiger partial charge >= 0.3 is 0 Å². The minimum atomic E-state index is -0.459. The Morgan fingerprint density at radius 1 is 1.33 bits per heavy atom. The molecule has 0 aliphatic heterocycles. The molecule has 0 aromatic heterocycles. The fraction of sp³-hybridized carbons (Fsp3) is 0.417. The third-order valence-corrected chi connectivity index (χ3v) is 1.96. The fourth-order valence-corrected chi connectivity index (χ4v) is 1.09. The van der Waals surface area contributed by atoms with Gasteiger partial charge in [0.05, 0.1) is 0 Å². The fourth-order valence-electron chi connectivity index (χ4n) is 1.09. The first-order valence-electron chi connectivity index (χ1n) is 5.06. The van der Waals surface area contributed by atoms with E-state index in [0.29, 0.717) is 12.4 Å². The highest BCUT2D eigenvalue weighted by Gasteiger charge is 2.13. The van der Waals surface area contributed by atoms with Gasteiger partial charge in [-0.05, 0) is 26.0 Å². The molecule has 0 aliphatic rings. The van der Waals surface area contributed by atoms with Gasteiger partial charge < -0.3 is 9.47 Å². The zero-order valence-electron chi connectivity index (χ0n) is 9.10. The maximum atomic E-state index is 11.5. The topological polar surface area (TPSA) is 35.5 Å². The van der Waals surface area contributed by atoms with E-state index in [2.05, 4.69) is 0 Å². The zero-order chi connectivity index (χ0) is 11.1. The van der Waals surface area contributed by atoms with Gasteiger partial charge in [-0.15, -0.1) is 0 Å². The second-order valence-corrected chi connectivity index (χ2v) is 3.18. The van der Waals surface area contributed by atoms with Crippen molar-refractivity contribution in [3.8, 4) is 5.75 Å². The van der Waals surface area contributed by atoms with Crippen molar-refractivity contribution in [1.82, 2.24) is 0 Å². The average molecular weight is 208 g/mol. The first kappa shape index (κ1) is 11.7. The van der Waals surface area contributed by atoms with Gasteiger partial charge in [-0.2, -0.15) is 0 Å². The van der Waals surface area contributed by atoms with Crippen molar-refractivity contribution in [2.45, 2.75) is 20.0 Å². The Morgan fingerprint density at radius 3 is 2.60 bits per heavy atom. The van der Waals surface area contributed by atoms with Gasteiger partial charge in [0.1, 0.15) is 12.4 Å². The second kappa shape index (κ2) is 6.19. The maximum absolute atomic E-state index is 11.5. The van der Waals surface area contributed by atoms with Crippen LogP contribution in [0.5, 0.6) is 5.75 Å². The quantitative estimate of drug-likeness (QED) is 0.717. The third-order valence-electron chi connectivity index (χ3n) is 1.96. The molecule has 15 heavy (non-hydrogen) atoms.